The molecule has 6 heteroatoms. The minimum absolute atomic E-state index is 0.899. The minimum atomic E-state index is 0.899. The van der Waals surface area contributed by atoms with Crippen LogP contribution in [-0.4, -0.2) is 22.5 Å². The van der Waals surface area contributed by atoms with Crippen LogP contribution in [0.4, 0.5) is 5.13 Å². The predicted molar refractivity (Wildman–Crippen MR) is 82.0 cm³/mol. The average molecular weight is 297 g/mol. The van der Waals surface area contributed by atoms with Gasteiger partial charge in [-0.3, -0.25) is 0 Å². The normalized spacial score (nSPS) is 10.5. The first-order valence-electron chi connectivity index (χ1n) is 5.61. The maximum absolute atomic E-state index is 4.13. The van der Waals surface area contributed by atoms with Gasteiger partial charge in [0.1, 0.15) is 0 Å². The number of anilines is 1. The van der Waals surface area contributed by atoms with Crippen LogP contribution < -0.4 is 5.32 Å². The summed E-state index contributed by atoms with van der Waals surface area (Å²) in [6, 6.07) is 4.23. The number of hydrogen-bond acceptors (Lipinski definition) is 6. The molecule has 0 fully saturated rings. The van der Waals surface area contributed by atoms with Crippen molar-refractivity contribution >= 4 is 39.6 Å². The lowest BCUT2D eigenvalue weighted by Crippen LogP contribution is -2.03. The average Bonchev–Trinajstić information content (AvgIpc) is 2.97. The third kappa shape index (κ3) is 4.44. The van der Waals surface area contributed by atoms with Gasteiger partial charge in [-0.2, -0.15) is 0 Å². The Bertz CT molecular complexity index is 490. The summed E-state index contributed by atoms with van der Waals surface area (Å²) >= 11 is 5.08. The van der Waals surface area contributed by atoms with Crippen molar-refractivity contribution in [2.75, 3.05) is 17.6 Å². The monoisotopic (exact) mass is 297 g/mol. The Kier molecular flexibility index (Phi) is 5.22. The van der Waals surface area contributed by atoms with E-state index in [9.17, 15) is 0 Å². The number of thiophene rings is 1. The lowest BCUT2D eigenvalue weighted by molar-refractivity contribution is 0.980. The van der Waals surface area contributed by atoms with Crippen LogP contribution in [0.3, 0.4) is 0 Å². The molecule has 0 aliphatic carbocycles. The van der Waals surface area contributed by atoms with Crippen LogP contribution in [0.1, 0.15) is 11.8 Å². The molecule has 0 bridgehead atoms. The molecule has 2 aromatic heterocycles. The Morgan fingerprint density at radius 1 is 1.50 bits per heavy atom. The van der Waals surface area contributed by atoms with E-state index in [2.05, 4.69) is 39.6 Å². The second-order valence-electron chi connectivity index (χ2n) is 3.88. The highest BCUT2D eigenvalue weighted by Gasteiger charge is 2.04. The summed E-state index contributed by atoms with van der Waals surface area (Å²) in [5.41, 5.74) is 1.16. The first-order chi connectivity index (χ1) is 8.74. The molecule has 0 amide bonds. The van der Waals surface area contributed by atoms with Crippen molar-refractivity contribution in [2.24, 2.45) is 0 Å². The van der Waals surface area contributed by atoms with Gasteiger partial charge in [-0.25, -0.2) is 0 Å². The van der Waals surface area contributed by atoms with Crippen molar-refractivity contribution < 1.29 is 0 Å². The summed E-state index contributed by atoms with van der Waals surface area (Å²) in [4.78, 5) is 1.39. The predicted octanol–water partition coefficient (Wildman–Crippen LogP) is 3.92. The maximum atomic E-state index is 4.13. The molecule has 0 aliphatic rings. The second kappa shape index (κ2) is 6.92. The fraction of sp³-hybridized carbons (Fsp3) is 0.333. The van der Waals surface area contributed by atoms with Crippen molar-refractivity contribution in [2.45, 2.75) is 17.7 Å². The summed E-state index contributed by atoms with van der Waals surface area (Å²) in [7, 11) is 0. The smallest absolute Gasteiger partial charge is 0.206 e. The minimum Gasteiger partial charge on any atom is -0.360 e. The van der Waals surface area contributed by atoms with Gasteiger partial charge in [-0.05, 0) is 24.8 Å². The molecule has 18 heavy (non-hydrogen) atoms. The number of nitrogens with one attached hydrogen (secondary N) is 1. The molecule has 0 unspecified atom stereocenters. The number of rotatable bonds is 7. The molecule has 0 aliphatic heterocycles. The molecular weight excluding hydrogens is 282 g/mol. The van der Waals surface area contributed by atoms with E-state index < -0.39 is 0 Å². The van der Waals surface area contributed by atoms with Crippen LogP contribution in [0.5, 0.6) is 0 Å². The van der Waals surface area contributed by atoms with E-state index in [1.54, 1.807) is 34.4 Å². The lowest BCUT2D eigenvalue weighted by atomic mass is 10.3. The first-order valence-corrected chi connectivity index (χ1v) is 8.29. The van der Waals surface area contributed by atoms with E-state index in [-0.39, 0.29) is 0 Å². The maximum Gasteiger partial charge on any atom is 0.206 e. The number of nitrogens with zero attached hydrogens (tertiary/aromatic N) is 2. The molecule has 2 aromatic rings. The molecule has 0 aromatic carbocycles. The molecule has 96 valence electrons. The quantitative estimate of drug-likeness (QED) is 0.621. The van der Waals surface area contributed by atoms with E-state index in [0.717, 1.165) is 33.8 Å². The van der Waals surface area contributed by atoms with Crippen molar-refractivity contribution in [1.29, 1.82) is 0 Å². The van der Waals surface area contributed by atoms with Gasteiger partial charge < -0.3 is 5.32 Å². The van der Waals surface area contributed by atoms with E-state index in [1.807, 2.05) is 6.92 Å². The van der Waals surface area contributed by atoms with Gasteiger partial charge in [0.2, 0.25) is 5.13 Å². The van der Waals surface area contributed by atoms with Gasteiger partial charge in [-0.1, -0.05) is 41.3 Å². The van der Waals surface area contributed by atoms with Gasteiger partial charge in [0, 0.05) is 17.2 Å². The van der Waals surface area contributed by atoms with Crippen LogP contribution in [0.2, 0.25) is 0 Å². The summed E-state index contributed by atoms with van der Waals surface area (Å²) in [5, 5.41) is 14.6. The van der Waals surface area contributed by atoms with Crippen molar-refractivity contribution in [3.63, 3.8) is 0 Å². The molecule has 0 spiro atoms. The topological polar surface area (TPSA) is 37.8 Å². The summed E-state index contributed by atoms with van der Waals surface area (Å²) in [6.45, 7) is 6.80. The molecule has 0 radical (unpaired) electrons. The Labute approximate surface area is 119 Å². The van der Waals surface area contributed by atoms with Crippen LogP contribution in [0, 0.1) is 0 Å². The zero-order valence-corrected chi connectivity index (χ0v) is 12.6. The Morgan fingerprint density at radius 2 is 2.39 bits per heavy atom. The number of aromatic nitrogens is 2. The van der Waals surface area contributed by atoms with Gasteiger partial charge >= 0.3 is 0 Å². The number of thioether (sulfide) groups is 1. The van der Waals surface area contributed by atoms with Crippen molar-refractivity contribution in [1.82, 2.24) is 10.2 Å². The van der Waals surface area contributed by atoms with Gasteiger partial charge in [0.25, 0.3) is 0 Å². The molecule has 2 rings (SSSR count). The largest absolute Gasteiger partial charge is 0.360 e. The number of hydrogen-bond donors (Lipinski definition) is 1. The van der Waals surface area contributed by atoms with Crippen LogP contribution in [-0.2, 0) is 6.42 Å². The highest BCUT2D eigenvalue weighted by molar-refractivity contribution is 8.01. The van der Waals surface area contributed by atoms with E-state index in [0.29, 0.717) is 0 Å². The summed E-state index contributed by atoms with van der Waals surface area (Å²) in [6.07, 6.45) is 1.03. The Balaban J connectivity index is 1.74. The van der Waals surface area contributed by atoms with E-state index in [1.165, 1.54) is 4.88 Å². The van der Waals surface area contributed by atoms with Gasteiger partial charge in [0.15, 0.2) is 4.34 Å². The van der Waals surface area contributed by atoms with Crippen molar-refractivity contribution in [3.8, 4) is 0 Å². The molecule has 1 N–H and O–H groups in total. The zero-order valence-electron chi connectivity index (χ0n) is 10.2. The van der Waals surface area contributed by atoms with Gasteiger partial charge in [-0.15, -0.1) is 21.5 Å². The van der Waals surface area contributed by atoms with Crippen molar-refractivity contribution in [3.05, 3.63) is 34.5 Å². The molecule has 0 saturated heterocycles. The Morgan fingerprint density at radius 3 is 3.11 bits per heavy atom. The highest BCUT2D eigenvalue weighted by Crippen LogP contribution is 2.26. The third-order valence-electron chi connectivity index (χ3n) is 2.08. The van der Waals surface area contributed by atoms with E-state index >= 15 is 0 Å². The molecule has 2 heterocycles. The summed E-state index contributed by atoms with van der Waals surface area (Å²) < 4.78 is 0.997. The molecular formula is C12H15N3S3. The van der Waals surface area contributed by atoms with E-state index in [4.69, 9.17) is 0 Å². The molecule has 3 nitrogen and oxygen atoms in total. The standard InChI is InChI=1S/C12H15N3S3/c1-9(2)8-17-12-15-14-11(18-12)13-6-5-10-4-3-7-16-10/h3-4,7H,1,5-6,8H2,2H3,(H,13,14). The van der Waals surface area contributed by atoms with Crippen LogP contribution in [0.15, 0.2) is 34.0 Å². The lowest BCUT2D eigenvalue weighted by Gasteiger charge is -1.99. The molecule has 0 saturated carbocycles. The summed E-state index contributed by atoms with van der Waals surface area (Å²) in [5.74, 6) is 0.907. The van der Waals surface area contributed by atoms with Crippen LogP contribution >= 0.6 is 34.4 Å². The Hall–Kier alpha value is -0.850. The second-order valence-corrected chi connectivity index (χ2v) is 7.11. The SMILES string of the molecule is C=C(C)CSc1nnc(NCCc2cccs2)s1. The fourth-order valence-corrected chi connectivity index (χ4v) is 3.60. The fourth-order valence-electron chi connectivity index (χ4n) is 1.27. The third-order valence-corrected chi connectivity index (χ3v) is 5.26. The zero-order chi connectivity index (χ0) is 12.8. The molecule has 0 atom stereocenters. The van der Waals surface area contributed by atoms with Gasteiger partial charge in [0.05, 0.1) is 0 Å². The van der Waals surface area contributed by atoms with Crippen LogP contribution in [0.25, 0.3) is 0 Å². The first kappa shape index (κ1) is 13.6. The highest BCUT2D eigenvalue weighted by atomic mass is 32.2.